The zero-order valence-electron chi connectivity index (χ0n) is 7.12. The summed E-state index contributed by atoms with van der Waals surface area (Å²) in [5.74, 6) is 0.717. The Bertz CT molecular complexity index is 345. The van der Waals surface area contributed by atoms with Crippen LogP contribution in [-0.2, 0) is 16.6 Å². The van der Waals surface area contributed by atoms with Gasteiger partial charge in [-0.05, 0) is 0 Å². The third-order valence-electron chi connectivity index (χ3n) is 2.00. The van der Waals surface area contributed by atoms with E-state index in [0.717, 1.165) is 12.1 Å². The minimum Gasteiger partial charge on any atom is -0.470 e. The van der Waals surface area contributed by atoms with E-state index in [1.165, 1.54) is 6.40 Å². The molecule has 1 aliphatic heterocycles. The van der Waals surface area contributed by atoms with Crippen LogP contribution >= 0.6 is 0 Å². The van der Waals surface area contributed by atoms with Crippen molar-refractivity contribution in [3.63, 3.8) is 0 Å². The molecule has 0 aliphatic carbocycles. The molecule has 68 valence electrons. The lowest BCUT2D eigenvalue weighted by molar-refractivity contribution is -0.110. The monoisotopic (exact) mass is 179 g/mol. The van der Waals surface area contributed by atoms with Gasteiger partial charge in [0.1, 0.15) is 6.29 Å². The number of nitrogens with zero attached hydrogens (tertiary/aromatic N) is 3. The minimum absolute atomic E-state index is 0.363. The van der Waals surface area contributed by atoms with Crippen molar-refractivity contribution in [2.75, 3.05) is 0 Å². The molecular formula is C8H9N3O2. The van der Waals surface area contributed by atoms with Crippen LogP contribution in [0.25, 0.3) is 0 Å². The molecule has 0 bridgehead atoms. The van der Waals surface area contributed by atoms with Gasteiger partial charge in [-0.1, -0.05) is 0 Å². The summed E-state index contributed by atoms with van der Waals surface area (Å²) in [5.41, 5.74) is 0. The normalized spacial score (nSPS) is 25.9. The fraction of sp³-hybridized carbons (Fsp3) is 0.375. The molecule has 5 heteroatoms. The second-order valence-corrected chi connectivity index (χ2v) is 2.83. The standard InChI is InChI=1S/C8H9N3O2/c1-11-3-2-9-8(11)7-6(4-12)10-5-13-7/h2-7H,1H3/t6-,7+/m1/s1. The molecule has 1 aliphatic rings. The van der Waals surface area contributed by atoms with E-state index in [1.54, 1.807) is 12.4 Å². The summed E-state index contributed by atoms with van der Waals surface area (Å²) in [5, 5.41) is 0. The summed E-state index contributed by atoms with van der Waals surface area (Å²) < 4.78 is 6.99. The van der Waals surface area contributed by atoms with E-state index in [1.807, 2.05) is 11.6 Å². The van der Waals surface area contributed by atoms with E-state index in [9.17, 15) is 4.79 Å². The van der Waals surface area contributed by atoms with Gasteiger partial charge in [0.15, 0.2) is 24.4 Å². The Balaban J connectivity index is 2.27. The van der Waals surface area contributed by atoms with Gasteiger partial charge in [-0.15, -0.1) is 0 Å². The number of aryl methyl sites for hydroxylation is 1. The number of imidazole rings is 1. The van der Waals surface area contributed by atoms with Gasteiger partial charge in [-0.3, -0.25) is 0 Å². The number of ether oxygens (including phenoxy) is 1. The number of carbonyl (C=O) groups excluding carboxylic acids is 1. The minimum atomic E-state index is -0.457. The molecule has 13 heavy (non-hydrogen) atoms. The van der Waals surface area contributed by atoms with Crippen LogP contribution in [0.3, 0.4) is 0 Å². The van der Waals surface area contributed by atoms with Gasteiger partial charge < -0.3 is 14.1 Å². The number of carbonyl (C=O) groups is 1. The quantitative estimate of drug-likeness (QED) is 0.604. The van der Waals surface area contributed by atoms with Gasteiger partial charge in [0.2, 0.25) is 0 Å². The Hall–Kier alpha value is -1.65. The number of hydrogen-bond acceptors (Lipinski definition) is 4. The largest absolute Gasteiger partial charge is 0.470 e. The van der Waals surface area contributed by atoms with Gasteiger partial charge in [0.05, 0.1) is 0 Å². The maximum absolute atomic E-state index is 10.6. The highest BCUT2D eigenvalue weighted by molar-refractivity contribution is 5.66. The fourth-order valence-corrected chi connectivity index (χ4v) is 1.30. The predicted octanol–water partition coefficient (Wildman–Crippen LogP) is 0.0872. The van der Waals surface area contributed by atoms with Crippen LogP contribution in [0.5, 0.6) is 0 Å². The van der Waals surface area contributed by atoms with Crippen LogP contribution in [-0.4, -0.2) is 28.3 Å². The molecule has 1 aromatic rings. The number of aliphatic imine (C=N–C) groups is 1. The summed E-state index contributed by atoms with van der Waals surface area (Å²) >= 11 is 0. The Labute approximate surface area is 75.1 Å². The van der Waals surface area contributed by atoms with E-state index in [2.05, 4.69) is 9.98 Å². The highest BCUT2D eigenvalue weighted by Gasteiger charge is 2.30. The Morgan fingerprint density at radius 1 is 1.69 bits per heavy atom. The van der Waals surface area contributed by atoms with Gasteiger partial charge in [-0.25, -0.2) is 9.98 Å². The average Bonchev–Trinajstić information content (AvgIpc) is 2.71. The smallest absolute Gasteiger partial charge is 0.186 e. The molecule has 0 fully saturated rings. The van der Waals surface area contributed by atoms with Gasteiger partial charge in [0, 0.05) is 19.4 Å². The predicted molar refractivity (Wildman–Crippen MR) is 45.4 cm³/mol. The van der Waals surface area contributed by atoms with Crippen molar-refractivity contribution in [3.05, 3.63) is 18.2 Å². The highest BCUT2D eigenvalue weighted by Crippen LogP contribution is 2.23. The zero-order chi connectivity index (χ0) is 9.26. The van der Waals surface area contributed by atoms with Crippen molar-refractivity contribution in [2.24, 2.45) is 12.0 Å². The zero-order valence-corrected chi connectivity index (χ0v) is 7.12. The molecule has 0 saturated heterocycles. The Morgan fingerprint density at radius 3 is 3.15 bits per heavy atom. The summed E-state index contributed by atoms with van der Waals surface area (Å²) in [7, 11) is 1.85. The third-order valence-corrected chi connectivity index (χ3v) is 2.00. The molecule has 0 amide bonds. The van der Waals surface area contributed by atoms with Crippen molar-refractivity contribution in [1.82, 2.24) is 9.55 Å². The van der Waals surface area contributed by atoms with Crippen molar-refractivity contribution in [1.29, 1.82) is 0 Å². The topological polar surface area (TPSA) is 56.5 Å². The van der Waals surface area contributed by atoms with E-state index in [0.29, 0.717) is 0 Å². The highest BCUT2D eigenvalue weighted by atomic mass is 16.5. The van der Waals surface area contributed by atoms with Crippen LogP contribution in [0, 0.1) is 0 Å². The van der Waals surface area contributed by atoms with E-state index in [-0.39, 0.29) is 6.10 Å². The van der Waals surface area contributed by atoms with E-state index >= 15 is 0 Å². The molecule has 2 atom stereocenters. The number of aromatic nitrogens is 2. The summed E-state index contributed by atoms with van der Waals surface area (Å²) in [4.78, 5) is 18.6. The van der Waals surface area contributed by atoms with E-state index in [4.69, 9.17) is 4.74 Å². The lowest BCUT2D eigenvalue weighted by atomic mass is 10.2. The Kier molecular flexibility index (Phi) is 1.84. The lowest BCUT2D eigenvalue weighted by Gasteiger charge is -2.11. The van der Waals surface area contributed by atoms with Crippen molar-refractivity contribution in [2.45, 2.75) is 12.1 Å². The van der Waals surface area contributed by atoms with Gasteiger partial charge in [-0.2, -0.15) is 0 Å². The number of rotatable bonds is 2. The van der Waals surface area contributed by atoms with E-state index < -0.39 is 6.04 Å². The summed E-state index contributed by atoms with van der Waals surface area (Å²) in [6.07, 6.45) is 5.18. The molecular weight excluding hydrogens is 170 g/mol. The maximum atomic E-state index is 10.6. The van der Waals surface area contributed by atoms with Crippen LogP contribution < -0.4 is 0 Å². The lowest BCUT2D eigenvalue weighted by Crippen LogP contribution is -2.18. The first-order chi connectivity index (χ1) is 6.33. The fourth-order valence-electron chi connectivity index (χ4n) is 1.30. The van der Waals surface area contributed by atoms with Crippen LogP contribution in [0.1, 0.15) is 11.9 Å². The first-order valence-electron chi connectivity index (χ1n) is 3.92. The third kappa shape index (κ3) is 1.22. The molecule has 0 unspecified atom stereocenters. The molecule has 5 nitrogen and oxygen atoms in total. The average molecular weight is 179 g/mol. The Morgan fingerprint density at radius 2 is 2.54 bits per heavy atom. The number of hydrogen-bond donors (Lipinski definition) is 0. The molecule has 0 spiro atoms. The second kappa shape index (κ2) is 3.01. The first-order valence-corrected chi connectivity index (χ1v) is 3.92. The van der Waals surface area contributed by atoms with Crippen LogP contribution in [0.2, 0.25) is 0 Å². The van der Waals surface area contributed by atoms with Crippen molar-refractivity contribution >= 4 is 12.7 Å². The van der Waals surface area contributed by atoms with Crippen LogP contribution in [0.15, 0.2) is 17.4 Å². The summed E-state index contributed by atoms with van der Waals surface area (Å²) in [6.45, 7) is 0. The van der Waals surface area contributed by atoms with Crippen LogP contribution in [0.4, 0.5) is 0 Å². The molecule has 0 radical (unpaired) electrons. The first kappa shape index (κ1) is 7.97. The molecule has 2 heterocycles. The molecule has 0 saturated carbocycles. The van der Waals surface area contributed by atoms with Crippen molar-refractivity contribution < 1.29 is 9.53 Å². The summed E-state index contributed by atoms with van der Waals surface area (Å²) in [6, 6.07) is -0.457. The van der Waals surface area contributed by atoms with Gasteiger partial charge >= 0.3 is 0 Å². The molecule has 1 aromatic heterocycles. The maximum Gasteiger partial charge on any atom is 0.186 e. The molecule has 0 N–H and O–H groups in total. The molecule has 2 rings (SSSR count). The number of aldehydes is 1. The second-order valence-electron chi connectivity index (χ2n) is 2.83. The molecule has 0 aromatic carbocycles. The van der Waals surface area contributed by atoms with Crippen molar-refractivity contribution in [3.8, 4) is 0 Å². The van der Waals surface area contributed by atoms with Gasteiger partial charge in [0.25, 0.3) is 0 Å². The SMILES string of the molecule is Cn1ccnc1[C@H]1OC=N[C@@H]1C=O.